The van der Waals surface area contributed by atoms with Gasteiger partial charge in [0.15, 0.2) is 11.6 Å². The van der Waals surface area contributed by atoms with E-state index in [1.807, 2.05) is 25.1 Å². The highest BCUT2D eigenvalue weighted by Crippen LogP contribution is 2.41. The highest BCUT2D eigenvalue weighted by molar-refractivity contribution is 5.78. The van der Waals surface area contributed by atoms with Crippen LogP contribution in [-0.2, 0) is 19.3 Å². The fourth-order valence-electron chi connectivity index (χ4n) is 3.87. The zero-order chi connectivity index (χ0) is 21.6. The third-order valence-corrected chi connectivity index (χ3v) is 5.28. The van der Waals surface area contributed by atoms with Crippen molar-refractivity contribution < 1.29 is 31.1 Å². The van der Waals surface area contributed by atoms with Crippen LogP contribution in [0.15, 0.2) is 42.5 Å². The highest BCUT2D eigenvalue weighted by Gasteiger charge is 2.33. The van der Waals surface area contributed by atoms with Crippen LogP contribution in [0.2, 0.25) is 0 Å². The molecule has 0 atom stereocenters. The zero-order valence-electron chi connectivity index (χ0n) is 15.8. The van der Waals surface area contributed by atoms with Gasteiger partial charge < -0.3 is 4.74 Å². The van der Waals surface area contributed by atoms with Gasteiger partial charge in [-0.05, 0) is 70.8 Å². The molecular weight excluding hydrogens is 406 g/mol. The average molecular weight is 422 g/mol. The van der Waals surface area contributed by atoms with Gasteiger partial charge in [0, 0.05) is 0 Å². The molecule has 0 spiro atoms. The lowest BCUT2D eigenvalue weighted by atomic mass is 9.82. The maximum absolute atomic E-state index is 15.3. The maximum atomic E-state index is 15.3. The molecule has 0 aliphatic heterocycles. The van der Waals surface area contributed by atoms with Crippen molar-refractivity contribution >= 4 is 0 Å². The van der Waals surface area contributed by atoms with E-state index in [-0.39, 0.29) is 5.56 Å². The van der Waals surface area contributed by atoms with Crippen molar-refractivity contribution in [1.82, 2.24) is 0 Å². The summed E-state index contributed by atoms with van der Waals surface area (Å²) < 4.78 is 84.8. The smallest absolute Gasteiger partial charge is 0.403 e. The molecule has 0 saturated heterocycles. The van der Waals surface area contributed by atoms with Gasteiger partial charge in [0.25, 0.3) is 0 Å². The molecule has 156 valence electrons. The minimum absolute atomic E-state index is 0.202. The van der Waals surface area contributed by atoms with Crippen LogP contribution in [-0.4, -0.2) is 6.36 Å². The van der Waals surface area contributed by atoms with Crippen molar-refractivity contribution in [1.29, 1.82) is 0 Å². The fraction of sp³-hybridized carbons (Fsp3) is 0.217. The molecule has 0 radical (unpaired) electrons. The number of hydrogen-bond donors (Lipinski definition) is 0. The second-order valence-corrected chi connectivity index (χ2v) is 7.11. The van der Waals surface area contributed by atoms with E-state index in [0.29, 0.717) is 36.1 Å². The molecule has 0 saturated carbocycles. The lowest BCUT2D eigenvalue weighted by Crippen LogP contribution is -2.18. The summed E-state index contributed by atoms with van der Waals surface area (Å²) in [6.45, 7) is 2.02. The van der Waals surface area contributed by atoms with Crippen molar-refractivity contribution in [2.75, 3.05) is 0 Å². The second kappa shape index (κ2) is 7.38. The molecule has 3 aromatic carbocycles. The first kappa shape index (κ1) is 20.3. The number of alkyl halides is 3. The van der Waals surface area contributed by atoms with Crippen molar-refractivity contribution in [2.45, 2.75) is 32.5 Å². The van der Waals surface area contributed by atoms with Crippen LogP contribution < -0.4 is 4.74 Å². The Morgan fingerprint density at radius 3 is 2.30 bits per heavy atom. The maximum Gasteiger partial charge on any atom is 0.573 e. The van der Waals surface area contributed by atoms with Crippen molar-refractivity contribution in [3.05, 3.63) is 76.6 Å². The average Bonchev–Trinajstić information content (AvgIpc) is 2.68. The van der Waals surface area contributed by atoms with Gasteiger partial charge >= 0.3 is 6.36 Å². The van der Waals surface area contributed by atoms with Crippen LogP contribution in [0.5, 0.6) is 5.75 Å². The van der Waals surface area contributed by atoms with Crippen molar-refractivity contribution in [3.8, 4) is 28.0 Å². The second-order valence-electron chi connectivity index (χ2n) is 7.11. The van der Waals surface area contributed by atoms with E-state index in [4.69, 9.17) is 0 Å². The van der Waals surface area contributed by atoms with Crippen LogP contribution in [0.4, 0.5) is 26.3 Å². The summed E-state index contributed by atoms with van der Waals surface area (Å²) in [4.78, 5) is 0. The normalized spacial score (nSPS) is 13.0. The third-order valence-electron chi connectivity index (χ3n) is 5.28. The molecule has 0 fully saturated rings. The summed E-state index contributed by atoms with van der Waals surface area (Å²) >= 11 is 0. The summed E-state index contributed by atoms with van der Waals surface area (Å²) in [6.07, 6.45) is -3.31. The number of benzene rings is 3. The van der Waals surface area contributed by atoms with Gasteiger partial charge in [-0.15, -0.1) is 13.2 Å². The lowest BCUT2D eigenvalue weighted by molar-refractivity contribution is -0.275. The molecular formula is C23H16F6O. The Bertz CT molecular complexity index is 1130. The Labute approximate surface area is 168 Å². The molecule has 0 N–H and O–H groups in total. The number of aryl methyl sites for hydroxylation is 2. The van der Waals surface area contributed by atoms with Crippen molar-refractivity contribution in [2.24, 2.45) is 0 Å². The molecule has 1 aliphatic rings. The molecule has 0 aromatic heterocycles. The summed E-state index contributed by atoms with van der Waals surface area (Å²) in [5, 5.41) is 0. The van der Waals surface area contributed by atoms with E-state index < -0.39 is 35.1 Å². The molecule has 0 amide bonds. The van der Waals surface area contributed by atoms with Crippen LogP contribution in [0.3, 0.4) is 0 Å². The molecule has 7 heteroatoms. The SMILES string of the molecule is CCc1ccc2c(c1)CCc1c-2cc(F)c(-c2ccc(OC(F)(F)F)c(F)c2)c1F. The zero-order valence-corrected chi connectivity index (χ0v) is 15.8. The number of fused-ring (bicyclic) bond motifs is 3. The first-order valence-corrected chi connectivity index (χ1v) is 9.36. The monoisotopic (exact) mass is 422 g/mol. The quantitative estimate of drug-likeness (QED) is 0.413. The van der Waals surface area contributed by atoms with E-state index in [2.05, 4.69) is 4.74 Å². The molecule has 0 unspecified atom stereocenters. The van der Waals surface area contributed by atoms with E-state index in [1.165, 1.54) is 6.07 Å². The van der Waals surface area contributed by atoms with Gasteiger partial charge in [-0.2, -0.15) is 0 Å². The number of rotatable bonds is 3. The van der Waals surface area contributed by atoms with Crippen molar-refractivity contribution in [3.63, 3.8) is 0 Å². The topological polar surface area (TPSA) is 9.23 Å². The fourth-order valence-corrected chi connectivity index (χ4v) is 3.87. The number of halogens is 6. The molecule has 3 aromatic rings. The van der Waals surface area contributed by atoms with E-state index in [9.17, 15) is 22.0 Å². The largest absolute Gasteiger partial charge is 0.573 e. The van der Waals surface area contributed by atoms with E-state index >= 15 is 4.39 Å². The molecule has 4 rings (SSSR count). The van der Waals surface area contributed by atoms with E-state index in [1.54, 1.807) is 0 Å². The Hall–Kier alpha value is -2.96. The Kier molecular flexibility index (Phi) is 5.00. The minimum Gasteiger partial charge on any atom is -0.403 e. The Morgan fingerprint density at radius 1 is 0.867 bits per heavy atom. The van der Waals surface area contributed by atoms with Gasteiger partial charge in [-0.3, -0.25) is 0 Å². The molecule has 0 heterocycles. The van der Waals surface area contributed by atoms with Gasteiger partial charge in [-0.25, -0.2) is 13.2 Å². The van der Waals surface area contributed by atoms with Gasteiger partial charge in [0.2, 0.25) is 0 Å². The minimum atomic E-state index is -5.07. The number of ether oxygens (including phenoxy) is 1. The van der Waals surface area contributed by atoms with Gasteiger partial charge in [0.1, 0.15) is 11.6 Å². The van der Waals surface area contributed by atoms with Gasteiger partial charge in [0.05, 0.1) is 5.56 Å². The highest BCUT2D eigenvalue weighted by atomic mass is 19.4. The van der Waals surface area contributed by atoms with Gasteiger partial charge in [-0.1, -0.05) is 31.2 Å². The summed E-state index contributed by atoms with van der Waals surface area (Å²) in [7, 11) is 0. The van der Waals surface area contributed by atoms with E-state index in [0.717, 1.165) is 29.2 Å². The predicted octanol–water partition coefficient (Wildman–Crippen LogP) is 7.00. The molecule has 1 aliphatic carbocycles. The first-order valence-electron chi connectivity index (χ1n) is 9.36. The summed E-state index contributed by atoms with van der Waals surface area (Å²) in [5.74, 6) is -4.17. The first-order chi connectivity index (χ1) is 14.2. The number of hydrogen-bond acceptors (Lipinski definition) is 1. The van der Waals surface area contributed by atoms with Crippen LogP contribution in [0.25, 0.3) is 22.3 Å². The summed E-state index contributed by atoms with van der Waals surface area (Å²) in [6, 6.07) is 9.33. The molecule has 30 heavy (non-hydrogen) atoms. The third kappa shape index (κ3) is 3.64. The summed E-state index contributed by atoms with van der Waals surface area (Å²) in [5.41, 5.74) is 2.96. The van der Waals surface area contributed by atoms with Crippen LogP contribution >= 0.6 is 0 Å². The molecule has 1 nitrogen and oxygen atoms in total. The van der Waals surface area contributed by atoms with Crippen LogP contribution in [0.1, 0.15) is 23.6 Å². The lowest BCUT2D eigenvalue weighted by Gasteiger charge is -2.23. The standard InChI is InChI=1S/C23H16F6O/c1-2-12-3-6-15-13(9-12)4-7-16-17(15)11-19(25)21(22(16)26)14-5-8-20(18(24)10-14)30-23(27,28)29/h3,5-6,8-11H,2,4,7H2,1H3. The van der Waals surface area contributed by atoms with Crippen LogP contribution in [0, 0.1) is 17.5 Å². The predicted molar refractivity (Wildman–Crippen MR) is 101 cm³/mol. The Balaban J connectivity index is 1.80. The molecule has 0 bridgehead atoms. The Morgan fingerprint density at radius 2 is 1.63 bits per heavy atom.